The maximum Gasteiger partial charge on any atom is 0.329 e. The van der Waals surface area contributed by atoms with Crippen molar-refractivity contribution in [3.8, 4) is 5.75 Å². The van der Waals surface area contributed by atoms with E-state index >= 15 is 0 Å². The number of hydrogen-bond acceptors (Lipinski definition) is 6. The van der Waals surface area contributed by atoms with Crippen LogP contribution in [0, 0.1) is 10.1 Å². The number of carbonyl (C=O) groups is 2. The van der Waals surface area contributed by atoms with Crippen LogP contribution in [-0.4, -0.2) is 30.1 Å². The lowest BCUT2D eigenvalue weighted by molar-refractivity contribution is -0.385. The first kappa shape index (κ1) is 17.6. The molecule has 0 aliphatic heterocycles. The highest BCUT2D eigenvalue weighted by Crippen LogP contribution is 2.22. The summed E-state index contributed by atoms with van der Waals surface area (Å²) in [4.78, 5) is 33.9. The minimum Gasteiger partial charge on any atom is -0.495 e. The molecule has 25 heavy (non-hydrogen) atoms. The van der Waals surface area contributed by atoms with Gasteiger partial charge >= 0.3 is 11.8 Å². The zero-order valence-corrected chi connectivity index (χ0v) is 13.1. The second-order valence-electron chi connectivity index (χ2n) is 4.67. The number of rotatable bonds is 5. The van der Waals surface area contributed by atoms with Gasteiger partial charge in [0.2, 0.25) is 0 Å². The molecule has 0 aliphatic rings. The van der Waals surface area contributed by atoms with Crippen LogP contribution in [0.4, 0.5) is 11.4 Å². The summed E-state index contributed by atoms with van der Waals surface area (Å²) in [5.74, 6) is -1.59. The van der Waals surface area contributed by atoms with E-state index in [4.69, 9.17) is 4.74 Å². The predicted molar refractivity (Wildman–Crippen MR) is 90.5 cm³/mol. The van der Waals surface area contributed by atoms with Gasteiger partial charge in [-0.2, -0.15) is 5.10 Å². The number of nitro groups is 1. The van der Waals surface area contributed by atoms with Gasteiger partial charge < -0.3 is 10.1 Å². The van der Waals surface area contributed by atoms with Crippen LogP contribution in [0.25, 0.3) is 0 Å². The van der Waals surface area contributed by atoms with E-state index < -0.39 is 16.7 Å². The average Bonchev–Trinajstić information content (AvgIpc) is 2.62. The first-order chi connectivity index (χ1) is 12.0. The fourth-order valence-corrected chi connectivity index (χ4v) is 1.90. The number of hydrazone groups is 1. The average molecular weight is 342 g/mol. The number of anilines is 1. The Morgan fingerprint density at radius 1 is 1.12 bits per heavy atom. The van der Waals surface area contributed by atoms with Gasteiger partial charge in [0.25, 0.3) is 5.69 Å². The van der Waals surface area contributed by atoms with Crippen molar-refractivity contribution in [2.24, 2.45) is 5.10 Å². The van der Waals surface area contributed by atoms with E-state index in [2.05, 4.69) is 10.4 Å². The monoisotopic (exact) mass is 342 g/mol. The van der Waals surface area contributed by atoms with Crippen molar-refractivity contribution in [2.45, 2.75) is 0 Å². The van der Waals surface area contributed by atoms with E-state index in [1.165, 1.54) is 25.3 Å². The maximum atomic E-state index is 11.8. The molecule has 2 aromatic carbocycles. The largest absolute Gasteiger partial charge is 0.495 e. The lowest BCUT2D eigenvalue weighted by Crippen LogP contribution is -2.32. The third kappa shape index (κ3) is 4.61. The molecule has 0 aliphatic carbocycles. The summed E-state index contributed by atoms with van der Waals surface area (Å²) < 4.78 is 5.06. The lowest BCUT2D eigenvalue weighted by Gasteiger charge is -2.08. The van der Waals surface area contributed by atoms with E-state index in [0.717, 1.165) is 6.21 Å². The minimum atomic E-state index is -1.03. The number of ether oxygens (including phenoxy) is 1. The number of methoxy groups -OCH3 is 1. The van der Waals surface area contributed by atoms with Gasteiger partial charge in [-0.1, -0.05) is 24.3 Å². The van der Waals surface area contributed by atoms with E-state index in [9.17, 15) is 19.7 Å². The summed E-state index contributed by atoms with van der Waals surface area (Å²) >= 11 is 0. The summed E-state index contributed by atoms with van der Waals surface area (Å²) in [6.45, 7) is 0. The number of hydrogen-bond donors (Lipinski definition) is 2. The molecule has 9 nitrogen and oxygen atoms in total. The molecule has 0 unspecified atom stereocenters. The van der Waals surface area contributed by atoms with Gasteiger partial charge in [0.1, 0.15) is 5.75 Å². The molecule has 0 aromatic heterocycles. The number of nitrogens with zero attached hydrogens (tertiary/aromatic N) is 2. The van der Waals surface area contributed by atoms with Crippen molar-refractivity contribution >= 4 is 29.4 Å². The molecular formula is C16H14N4O5. The van der Waals surface area contributed by atoms with Gasteiger partial charge in [-0.3, -0.25) is 19.7 Å². The molecule has 0 bridgehead atoms. The van der Waals surface area contributed by atoms with E-state index in [0.29, 0.717) is 11.4 Å². The van der Waals surface area contributed by atoms with Crippen LogP contribution in [0.5, 0.6) is 5.75 Å². The van der Waals surface area contributed by atoms with Gasteiger partial charge in [0.05, 0.1) is 29.5 Å². The third-order valence-corrected chi connectivity index (χ3v) is 3.06. The fourth-order valence-electron chi connectivity index (χ4n) is 1.90. The van der Waals surface area contributed by atoms with E-state index in [1.54, 1.807) is 30.3 Å². The second-order valence-corrected chi connectivity index (χ2v) is 4.67. The van der Waals surface area contributed by atoms with Crippen molar-refractivity contribution in [3.63, 3.8) is 0 Å². The Kier molecular flexibility index (Phi) is 5.77. The zero-order chi connectivity index (χ0) is 18.2. The summed E-state index contributed by atoms with van der Waals surface area (Å²) in [6, 6.07) is 12.4. The van der Waals surface area contributed by atoms with E-state index in [-0.39, 0.29) is 11.3 Å². The van der Waals surface area contributed by atoms with Crippen LogP contribution in [0.1, 0.15) is 5.56 Å². The molecule has 2 rings (SSSR count). The Balaban J connectivity index is 2.00. The summed E-state index contributed by atoms with van der Waals surface area (Å²) in [7, 11) is 1.43. The molecule has 0 saturated carbocycles. The van der Waals surface area contributed by atoms with Crippen molar-refractivity contribution in [1.82, 2.24) is 5.43 Å². The smallest absolute Gasteiger partial charge is 0.329 e. The van der Waals surface area contributed by atoms with Gasteiger partial charge in [-0.15, -0.1) is 0 Å². The Labute approximate surface area is 142 Å². The number of benzene rings is 2. The Morgan fingerprint density at radius 2 is 1.80 bits per heavy atom. The van der Waals surface area contributed by atoms with Crippen molar-refractivity contribution in [3.05, 3.63) is 64.2 Å². The molecule has 0 radical (unpaired) electrons. The van der Waals surface area contributed by atoms with Gasteiger partial charge in [0.15, 0.2) is 0 Å². The zero-order valence-electron chi connectivity index (χ0n) is 13.1. The highest BCUT2D eigenvalue weighted by Gasteiger charge is 2.15. The molecule has 128 valence electrons. The molecular weight excluding hydrogens is 328 g/mol. The molecule has 0 heterocycles. The van der Waals surface area contributed by atoms with Crippen molar-refractivity contribution in [1.29, 1.82) is 0 Å². The molecule has 0 spiro atoms. The van der Waals surface area contributed by atoms with Crippen LogP contribution in [0.3, 0.4) is 0 Å². The summed E-state index contributed by atoms with van der Waals surface area (Å²) in [6.07, 6.45) is 1.09. The van der Waals surface area contributed by atoms with Gasteiger partial charge in [0, 0.05) is 6.07 Å². The van der Waals surface area contributed by atoms with Gasteiger partial charge in [-0.25, -0.2) is 5.43 Å². The van der Waals surface area contributed by atoms with E-state index in [1.807, 2.05) is 5.43 Å². The summed E-state index contributed by atoms with van der Waals surface area (Å²) in [5, 5.41) is 16.8. The SMILES string of the molecule is COc1ccccc1NC(=O)C(=O)N/N=C\c1ccccc1[N+](=O)[O-]. The van der Waals surface area contributed by atoms with Gasteiger partial charge in [-0.05, 0) is 18.2 Å². The normalized spacial score (nSPS) is 10.3. The topological polar surface area (TPSA) is 123 Å². The predicted octanol–water partition coefficient (Wildman–Crippen LogP) is 1.69. The molecule has 0 atom stereocenters. The van der Waals surface area contributed by atoms with Crippen molar-refractivity contribution in [2.75, 3.05) is 12.4 Å². The minimum absolute atomic E-state index is 0.168. The number of carbonyl (C=O) groups excluding carboxylic acids is 2. The molecule has 9 heteroatoms. The Bertz CT molecular complexity index is 835. The van der Waals surface area contributed by atoms with Crippen LogP contribution in [-0.2, 0) is 9.59 Å². The fraction of sp³-hybridized carbons (Fsp3) is 0.0625. The second kappa shape index (κ2) is 8.20. The van der Waals surface area contributed by atoms with Crippen LogP contribution in [0.2, 0.25) is 0 Å². The highest BCUT2D eigenvalue weighted by atomic mass is 16.6. The molecule has 0 saturated heterocycles. The molecule has 2 aromatic rings. The number of nitrogens with one attached hydrogen (secondary N) is 2. The third-order valence-electron chi connectivity index (χ3n) is 3.06. The number of amides is 2. The molecule has 2 N–H and O–H groups in total. The quantitative estimate of drug-likeness (QED) is 0.370. The van der Waals surface area contributed by atoms with Crippen LogP contribution in [0.15, 0.2) is 53.6 Å². The highest BCUT2D eigenvalue weighted by molar-refractivity contribution is 6.39. The first-order valence-electron chi connectivity index (χ1n) is 7.03. The molecule has 2 amide bonds. The maximum absolute atomic E-state index is 11.8. The number of nitro benzene ring substituents is 1. The summed E-state index contributed by atoms with van der Waals surface area (Å²) in [5.41, 5.74) is 2.36. The van der Waals surface area contributed by atoms with Crippen LogP contribution < -0.4 is 15.5 Å². The number of para-hydroxylation sites is 3. The standard InChI is InChI=1S/C16H14N4O5/c1-25-14-9-5-3-7-12(14)18-15(21)16(22)19-17-10-11-6-2-4-8-13(11)20(23)24/h2-10H,1H3,(H,18,21)(H,19,22)/b17-10-. The van der Waals surface area contributed by atoms with Crippen molar-refractivity contribution < 1.29 is 19.2 Å². The lowest BCUT2D eigenvalue weighted by atomic mass is 10.2. The molecule has 0 fully saturated rings. The Hall–Kier alpha value is -3.75. The Morgan fingerprint density at radius 3 is 2.52 bits per heavy atom. The first-order valence-corrected chi connectivity index (χ1v) is 7.03. The van der Waals surface area contributed by atoms with Crippen LogP contribution >= 0.6 is 0 Å².